The molecule has 1 heterocycles. The third kappa shape index (κ3) is 5.15. The molecule has 1 aromatic heterocycles. The maximum atomic E-state index is 12.2. The highest BCUT2D eigenvalue weighted by molar-refractivity contribution is 6.53. The maximum Gasteiger partial charge on any atom is 0.256 e. The van der Waals surface area contributed by atoms with Crippen LogP contribution in [0.3, 0.4) is 0 Å². The quantitative estimate of drug-likeness (QED) is 0.640. The van der Waals surface area contributed by atoms with E-state index in [1.54, 1.807) is 12.0 Å². The molecule has 24 heavy (non-hydrogen) atoms. The second kappa shape index (κ2) is 9.33. The minimum Gasteiger partial charge on any atom is -0.383 e. The Hall–Kier alpha value is -1.20. The molecule has 0 bridgehead atoms. The van der Waals surface area contributed by atoms with E-state index in [1.807, 2.05) is 47.2 Å². The molecule has 2 rings (SSSR count). The zero-order valence-electron chi connectivity index (χ0n) is 13.3. The van der Waals surface area contributed by atoms with E-state index in [1.165, 1.54) is 0 Å². The van der Waals surface area contributed by atoms with E-state index in [0.717, 1.165) is 11.3 Å². The molecular weight excluding hydrogens is 371 g/mol. The summed E-state index contributed by atoms with van der Waals surface area (Å²) >= 11 is 17.7. The number of ether oxygens (including phenoxy) is 1. The Morgan fingerprint density at radius 1 is 1.25 bits per heavy atom. The van der Waals surface area contributed by atoms with Crippen molar-refractivity contribution in [3.05, 3.63) is 58.9 Å². The Kier molecular flexibility index (Phi) is 7.43. The molecule has 0 spiro atoms. The molecule has 0 radical (unpaired) electrons. The lowest BCUT2D eigenvalue weighted by Crippen LogP contribution is -2.37. The lowest BCUT2D eigenvalue weighted by molar-refractivity contribution is -0.130. The highest BCUT2D eigenvalue weighted by Crippen LogP contribution is 2.18. The van der Waals surface area contributed by atoms with Gasteiger partial charge in [-0.2, -0.15) is 0 Å². The van der Waals surface area contributed by atoms with E-state index in [9.17, 15) is 4.79 Å². The molecule has 1 amide bonds. The van der Waals surface area contributed by atoms with Gasteiger partial charge in [-0.3, -0.25) is 4.79 Å². The first-order chi connectivity index (χ1) is 11.5. The van der Waals surface area contributed by atoms with Crippen LogP contribution in [0.5, 0.6) is 0 Å². The topological polar surface area (TPSA) is 34.5 Å². The Labute approximate surface area is 156 Å². The summed E-state index contributed by atoms with van der Waals surface area (Å²) in [5.74, 6) is -0.333. The molecule has 0 saturated carbocycles. The SMILES string of the molecule is COCCN(Cc1cccn1Cc1ccccc1Cl)C(=O)C(Cl)Cl. The van der Waals surface area contributed by atoms with Crippen LogP contribution in [-0.2, 0) is 22.6 Å². The van der Waals surface area contributed by atoms with Gasteiger partial charge in [-0.1, -0.05) is 53.0 Å². The number of halogens is 3. The van der Waals surface area contributed by atoms with Gasteiger partial charge >= 0.3 is 0 Å². The van der Waals surface area contributed by atoms with Crippen molar-refractivity contribution in [2.45, 2.75) is 17.9 Å². The number of carbonyl (C=O) groups excluding carboxylic acids is 1. The van der Waals surface area contributed by atoms with E-state index in [2.05, 4.69) is 0 Å². The summed E-state index contributed by atoms with van der Waals surface area (Å²) in [4.78, 5) is 12.7. The molecule has 0 fully saturated rings. The second-order valence-corrected chi connectivity index (χ2v) is 6.78. The van der Waals surface area contributed by atoms with Crippen LogP contribution in [0.15, 0.2) is 42.6 Å². The van der Waals surface area contributed by atoms with Crippen molar-refractivity contribution in [1.82, 2.24) is 9.47 Å². The normalized spacial score (nSPS) is 11.0. The summed E-state index contributed by atoms with van der Waals surface area (Å²) in [5, 5.41) is 0.714. The molecular formula is C17H19Cl3N2O2. The predicted octanol–water partition coefficient (Wildman–Crippen LogP) is 3.97. The van der Waals surface area contributed by atoms with Crippen molar-refractivity contribution in [1.29, 1.82) is 0 Å². The molecule has 0 aliphatic heterocycles. The minimum atomic E-state index is -1.09. The molecule has 0 unspecified atom stereocenters. The fraction of sp³-hybridized carbons (Fsp3) is 0.353. The number of hydrogen-bond acceptors (Lipinski definition) is 2. The summed E-state index contributed by atoms with van der Waals surface area (Å²) in [5.41, 5.74) is 1.98. The summed E-state index contributed by atoms with van der Waals surface area (Å²) in [6.07, 6.45) is 1.95. The molecule has 0 aliphatic carbocycles. The van der Waals surface area contributed by atoms with E-state index >= 15 is 0 Å². The Morgan fingerprint density at radius 3 is 2.67 bits per heavy atom. The number of amides is 1. The number of methoxy groups -OCH3 is 1. The van der Waals surface area contributed by atoms with Gasteiger partial charge in [0.05, 0.1) is 13.2 Å². The van der Waals surface area contributed by atoms with Crippen molar-refractivity contribution in [3.8, 4) is 0 Å². The number of hydrogen-bond donors (Lipinski definition) is 0. The predicted molar refractivity (Wildman–Crippen MR) is 97.8 cm³/mol. The average Bonchev–Trinajstić information content (AvgIpc) is 2.99. The van der Waals surface area contributed by atoms with Crippen molar-refractivity contribution in [2.24, 2.45) is 0 Å². The summed E-state index contributed by atoms with van der Waals surface area (Å²) < 4.78 is 7.11. The van der Waals surface area contributed by atoms with Gasteiger partial charge < -0.3 is 14.2 Å². The van der Waals surface area contributed by atoms with Crippen LogP contribution >= 0.6 is 34.8 Å². The monoisotopic (exact) mass is 388 g/mol. The maximum absolute atomic E-state index is 12.2. The fourth-order valence-corrected chi connectivity index (χ4v) is 2.83. The zero-order chi connectivity index (χ0) is 17.5. The van der Waals surface area contributed by atoms with Gasteiger partial charge in [0.25, 0.3) is 5.91 Å². The van der Waals surface area contributed by atoms with Crippen LogP contribution in [0.25, 0.3) is 0 Å². The Morgan fingerprint density at radius 2 is 2.00 bits per heavy atom. The van der Waals surface area contributed by atoms with E-state index < -0.39 is 4.84 Å². The third-order valence-corrected chi connectivity index (χ3v) is 4.38. The standard InChI is InChI=1S/C17H19Cl3N2O2/c1-24-10-9-22(17(23)16(19)20)12-14-6-4-8-21(14)11-13-5-2-3-7-15(13)18/h2-8,16H,9-12H2,1H3. The molecule has 1 aromatic carbocycles. The molecule has 7 heteroatoms. The number of aromatic nitrogens is 1. The molecule has 0 aliphatic rings. The smallest absolute Gasteiger partial charge is 0.256 e. The van der Waals surface area contributed by atoms with Gasteiger partial charge in [0, 0.05) is 37.1 Å². The average molecular weight is 390 g/mol. The lowest BCUT2D eigenvalue weighted by atomic mass is 10.2. The fourth-order valence-electron chi connectivity index (χ4n) is 2.36. The number of alkyl halides is 2. The highest BCUT2D eigenvalue weighted by atomic mass is 35.5. The van der Waals surface area contributed by atoms with Crippen LogP contribution in [0, 0.1) is 0 Å². The van der Waals surface area contributed by atoms with Crippen molar-refractivity contribution in [2.75, 3.05) is 20.3 Å². The minimum absolute atomic E-state index is 0.333. The van der Waals surface area contributed by atoms with Crippen LogP contribution < -0.4 is 0 Å². The Bertz CT molecular complexity index is 673. The number of benzene rings is 1. The highest BCUT2D eigenvalue weighted by Gasteiger charge is 2.21. The van der Waals surface area contributed by atoms with Crippen molar-refractivity contribution in [3.63, 3.8) is 0 Å². The largest absolute Gasteiger partial charge is 0.383 e. The van der Waals surface area contributed by atoms with Crippen molar-refractivity contribution < 1.29 is 9.53 Å². The molecule has 0 saturated heterocycles. The molecule has 4 nitrogen and oxygen atoms in total. The summed E-state index contributed by atoms with van der Waals surface area (Å²) in [6, 6.07) is 11.6. The first-order valence-electron chi connectivity index (χ1n) is 7.46. The number of rotatable bonds is 8. The Balaban J connectivity index is 2.15. The van der Waals surface area contributed by atoms with Crippen LogP contribution in [0.4, 0.5) is 0 Å². The number of carbonyl (C=O) groups is 1. The first-order valence-corrected chi connectivity index (χ1v) is 8.71. The second-order valence-electron chi connectivity index (χ2n) is 5.27. The van der Waals surface area contributed by atoms with Crippen molar-refractivity contribution >= 4 is 40.7 Å². The van der Waals surface area contributed by atoms with E-state index in [4.69, 9.17) is 39.5 Å². The van der Waals surface area contributed by atoms with Gasteiger partial charge in [-0.15, -0.1) is 0 Å². The van der Waals surface area contributed by atoms with Crippen LogP contribution in [0.2, 0.25) is 5.02 Å². The summed E-state index contributed by atoms with van der Waals surface area (Å²) in [7, 11) is 1.58. The van der Waals surface area contributed by atoms with Gasteiger partial charge in [0.2, 0.25) is 0 Å². The summed E-state index contributed by atoms with van der Waals surface area (Å²) in [6.45, 7) is 1.86. The molecule has 2 aromatic rings. The molecule has 130 valence electrons. The van der Waals surface area contributed by atoms with Gasteiger partial charge in [0.1, 0.15) is 0 Å². The lowest BCUT2D eigenvalue weighted by Gasteiger charge is -2.24. The first kappa shape index (κ1) is 19.1. The number of nitrogens with zero attached hydrogens (tertiary/aromatic N) is 2. The van der Waals surface area contributed by atoms with Gasteiger partial charge in [-0.05, 0) is 23.8 Å². The third-order valence-electron chi connectivity index (χ3n) is 3.64. The van der Waals surface area contributed by atoms with E-state index in [0.29, 0.717) is 31.3 Å². The van der Waals surface area contributed by atoms with E-state index in [-0.39, 0.29) is 5.91 Å². The zero-order valence-corrected chi connectivity index (χ0v) is 15.6. The molecule has 0 N–H and O–H groups in total. The van der Waals surface area contributed by atoms with Gasteiger partial charge in [0.15, 0.2) is 4.84 Å². The van der Waals surface area contributed by atoms with Crippen LogP contribution in [-0.4, -0.2) is 40.5 Å². The van der Waals surface area contributed by atoms with Crippen LogP contribution in [0.1, 0.15) is 11.3 Å². The van der Waals surface area contributed by atoms with Gasteiger partial charge in [-0.25, -0.2) is 0 Å². The molecule has 0 atom stereocenters.